The predicted molar refractivity (Wildman–Crippen MR) is 117 cm³/mol. The zero-order chi connectivity index (χ0) is 22.8. The van der Waals surface area contributed by atoms with Crippen LogP contribution in [0, 0.1) is 11.3 Å². The first-order chi connectivity index (χ1) is 14.9. The number of benzene rings is 2. The van der Waals surface area contributed by atoms with Gasteiger partial charge in [-0.3, -0.25) is 4.79 Å². The molecule has 0 aliphatic heterocycles. The lowest BCUT2D eigenvalue weighted by Crippen LogP contribution is -2.27. The van der Waals surface area contributed by atoms with Crippen molar-refractivity contribution in [3.8, 4) is 17.6 Å². The van der Waals surface area contributed by atoms with Crippen LogP contribution in [0.25, 0.3) is 6.08 Å². The average molecular weight is 443 g/mol. The van der Waals surface area contributed by atoms with Crippen LogP contribution in [0.2, 0.25) is 5.02 Å². The fourth-order valence-electron chi connectivity index (χ4n) is 2.71. The first-order valence-electron chi connectivity index (χ1n) is 9.53. The molecule has 162 valence electrons. The van der Waals surface area contributed by atoms with Crippen LogP contribution in [-0.2, 0) is 14.3 Å². The van der Waals surface area contributed by atoms with Crippen LogP contribution in [0.1, 0.15) is 31.0 Å². The molecule has 0 aromatic heterocycles. The summed E-state index contributed by atoms with van der Waals surface area (Å²) >= 11 is 6.27. The van der Waals surface area contributed by atoms with Crippen LogP contribution >= 0.6 is 11.6 Å². The number of hydrogen-bond donors (Lipinski definition) is 1. The van der Waals surface area contributed by atoms with Crippen molar-refractivity contribution in [1.82, 2.24) is 5.32 Å². The molecular weight excluding hydrogens is 420 g/mol. The normalized spacial score (nSPS) is 11.8. The Morgan fingerprint density at radius 2 is 1.97 bits per heavy atom. The van der Waals surface area contributed by atoms with Gasteiger partial charge in [0.25, 0.3) is 5.91 Å². The van der Waals surface area contributed by atoms with Gasteiger partial charge in [0.1, 0.15) is 11.6 Å². The predicted octanol–water partition coefficient (Wildman–Crippen LogP) is 4.07. The zero-order valence-corrected chi connectivity index (χ0v) is 18.2. The lowest BCUT2D eigenvalue weighted by molar-refractivity contribution is -0.145. The van der Waals surface area contributed by atoms with Crippen LogP contribution in [0.4, 0.5) is 0 Å². The third-order valence-corrected chi connectivity index (χ3v) is 4.50. The van der Waals surface area contributed by atoms with Crippen LogP contribution in [0.5, 0.6) is 11.5 Å². The van der Waals surface area contributed by atoms with Gasteiger partial charge >= 0.3 is 5.97 Å². The fourth-order valence-corrected chi connectivity index (χ4v) is 2.99. The van der Waals surface area contributed by atoms with E-state index in [9.17, 15) is 14.9 Å². The second-order valence-electron chi connectivity index (χ2n) is 6.40. The highest BCUT2D eigenvalue weighted by atomic mass is 35.5. The van der Waals surface area contributed by atoms with Gasteiger partial charge in [-0.25, -0.2) is 4.79 Å². The summed E-state index contributed by atoms with van der Waals surface area (Å²) in [4.78, 5) is 24.1. The van der Waals surface area contributed by atoms with Crippen LogP contribution in [0.3, 0.4) is 0 Å². The van der Waals surface area contributed by atoms with Gasteiger partial charge in [-0.1, -0.05) is 41.9 Å². The number of ether oxygens (including phenoxy) is 3. The second kappa shape index (κ2) is 11.6. The number of amides is 1. The van der Waals surface area contributed by atoms with Crippen LogP contribution in [0.15, 0.2) is 48.0 Å². The standard InChI is InChI=1S/C23H23ClN2O5/c1-4-30-21(27)14-31-22-19(24)11-16(12-20(22)29-3)10-18(13-25)23(28)26-15(2)17-8-6-5-7-9-17/h5-12,15H,4,14H2,1-3H3,(H,26,28)/b18-10-/t15-/m1/s1. The van der Waals surface area contributed by atoms with Crippen molar-refractivity contribution in [2.45, 2.75) is 19.9 Å². The Morgan fingerprint density at radius 3 is 2.58 bits per heavy atom. The third-order valence-electron chi connectivity index (χ3n) is 4.21. The number of rotatable bonds is 9. The molecule has 1 atom stereocenters. The van der Waals surface area contributed by atoms with Crippen molar-refractivity contribution in [3.05, 3.63) is 64.2 Å². The lowest BCUT2D eigenvalue weighted by Gasteiger charge is -2.14. The molecule has 0 saturated heterocycles. The molecule has 0 aliphatic carbocycles. The van der Waals surface area contributed by atoms with E-state index in [0.29, 0.717) is 5.56 Å². The van der Waals surface area contributed by atoms with Crippen molar-refractivity contribution < 1.29 is 23.8 Å². The molecule has 1 amide bonds. The minimum Gasteiger partial charge on any atom is -0.493 e. The average Bonchev–Trinajstić information content (AvgIpc) is 2.76. The van der Waals surface area contributed by atoms with Crippen LogP contribution in [-0.4, -0.2) is 32.2 Å². The maximum Gasteiger partial charge on any atom is 0.344 e. The Morgan fingerprint density at radius 1 is 1.26 bits per heavy atom. The molecule has 2 rings (SSSR count). The second-order valence-corrected chi connectivity index (χ2v) is 6.81. The van der Waals surface area contributed by atoms with Crippen molar-refractivity contribution >= 4 is 29.6 Å². The third kappa shape index (κ3) is 6.76. The number of carbonyl (C=O) groups excluding carboxylic acids is 2. The van der Waals surface area contributed by atoms with E-state index >= 15 is 0 Å². The Bertz CT molecular complexity index is 999. The molecule has 0 unspecified atom stereocenters. The lowest BCUT2D eigenvalue weighted by atomic mass is 10.1. The number of methoxy groups -OCH3 is 1. The van der Waals surface area contributed by atoms with Crippen LogP contribution < -0.4 is 14.8 Å². The summed E-state index contributed by atoms with van der Waals surface area (Å²) in [5.74, 6) is -0.648. The first-order valence-corrected chi connectivity index (χ1v) is 9.90. The van der Waals surface area contributed by atoms with E-state index in [-0.39, 0.29) is 41.4 Å². The van der Waals surface area contributed by atoms with E-state index in [1.807, 2.05) is 43.3 Å². The van der Waals surface area contributed by atoms with Gasteiger partial charge in [-0.2, -0.15) is 5.26 Å². The summed E-state index contributed by atoms with van der Waals surface area (Å²) in [7, 11) is 1.41. The molecule has 2 aromatic carbocycles. The van der Waals surface area contributed by atoms with E-state index in [1.54, 1.807) is 13.0 Å². The molecule has 0 saturated carbocycles. The van der Waals surface area contributed by atoms with E-state index in [0.717, 1.165) is 5.56 Å². The number of nitriles is 1. The minimum absolute atomic E-state index is 0.0962. The number of nitrogens with zero attached hydrogens (tertiary/aromatic N) is 1. The van der Waals surface area contributed by atoms with E-state index in [1.165, 1.54) is 19.3 Å². The summed E-state index contributed by atoms with van der Waals surface area (Å²) in [6.45, 7) is 3.43. The summed E-state index contributed by atoms with van der Waals surface area (Å²) < 4.78 is 15.5. The smallest absolute Gasteiger partial charge is 0.344 e. The number of carbonyl (C=O) groups is 2. The van der Waals surface area contributed by atoms with Gasteiger partial charge in [0.15, 0.2) is 18.1 Å². The molecule has 7 nitrogen and oxygen atoms in total. The van der Waals surface area contributed by atoms with Crippen molar-refractivity contribution in [2.75, 3.05) is 20.3 Å². The molecule has 0 radical (unpaired) electrons. The van der Waals surface area contributed by atoms with Gasteiger partial charge < -0.3 is 19.5 Å². The molecule has 0 heterocycles. The number of hydrogen-bond acceptors (Lipinski definition) is 6. The molecule has 0 bridgehead atoms. The summed E-state index contributed by atoms with van der Waals surface area (Å²) in [6, 6.07) is 14.1. The van der Waals surface area contributed by atoms with E-state index < -0.39 is 11.9 Å². The highest BCUT2D eigenvalue weighted by Crippen LogP contribution is 2.37. The number of esters is 1. The van der Waals surface area contributed by atoms with Gasteiger partial charge in [-0.15, -0.1) is 0 Å². The molecular formula is C23H23ClN2O5. The van der Waals surface area contributed by atoms with Crippen molar-refractivity contribution in [3.63, 3.8) is 0 Å². The molecule has 0 spiro atoms. The highest BCUT2D eigenvalue weighted by Gasteiger charge is 2.17. The molecule has 8 heteroatoms. The molecule has 2 aromatic rings. The monoisotopic (exact) mass is 442 g/mol. The molecule has 31 heavy (non-hydrogen) atoms. The van der Waals surface area contributed by atoms with Gasteiger partial charge in [0.05, 0.1) is 24.8 Å². The SMILES string of the molecule is CCOC(=O)COc1c(Cl)cc(/C=C(/C#N)C(=O)N[C@H](C)c2ccccc2)cc1OC. The molecule has 0 fully saturated rings. The Balaban J connectivity index is 2.21. The zero-order valence-electron chi connectivity index (χ0n) is 17.5. The maximum atomic E-state index is 12.6. The minimum atomic E-state index is -0.541. The van der Waals surface area contributed by atoms with Gasteiger partial charge in [0, 0.05) is 0 Å². The summed E-state index contributed by atoms with van der Waals surface area (Å²) in [5, 5.41) is 12.4. The largest absolute Gasteiger partial charge is 0.493 e. The highest BCUT2D eigenvalue weighted by molar-refractivity contribution is 6.32. The fraction of sp³-hybridized carbons (Fsp3) is 0.261. The van der Waals surface area contributed by atoms with Gasteiger partial charge in [-0.05, 0) is 43.2 Å². The van der Waals surface area contributed by atoms with Gasteiger partial charge in [0.2, 0.25) is 0 Å². The molecule has 1 N–H and O–H groups in total. The first kappa shape index (κ1) is 23.8. The Kier molecular flexibility index (Phi) is 8.92. The number of nitrogens with one attached hydrogen (secondary N) is 1. The van der Waals surface area contributed by atoms with E-state index in [2.05, 4.69) is 5.32 Å². The Labute approximate surface area is 186 Å². The summed E-state index contributed by atoms with van der Waals surface area (Å²) in [5.41, 5.74) is 1.28. The number of halogens is 1. The topological polar surface area (TPSA) is 97.7 Å². The van der Waals surface area contributed by atoms with E-state index in [4.69, 9.17) is 25.8 Å². The Hall–Kier alpha value is -3.50. The van der Waals surface area contributed by atoms with Crippen molar-refractivity contribution in [2.24, 2.45) is 0 Å². The van der Waals surface area contributed by atoms with Crippen molar-refractivity contribution in [1.29, 1.82) is 5.26 Å². The summed E-state index contributed by atoms with van der Waals surface area (Å²) in [6.07, 6.45) is 1.40. The molecule has 0 aliphatic rings. The maximum absolute atomic E-state index is 12.6. The quantitative estimate of drug-likeness (QED) is 0.357.